The first-order valence-corrected chi connectivity index (χ1v) is 8.25. The van der Waals surface area contributed by atoms with Crippen molar-refractivity contribution in [2.75, 3.05) is 13.1 Å². The standard InChI is InChI=1S/C16H32N4O2.HI/c1-7-17-14(19-12-8-9-12)18-10-13(11(2)3)20-15(21)22-16(4,5)6;/h11-13H,7-10H2,1-6H3,(H,20,21)(H2,17,18,19);1H. The highest BCUT2D eigenvalue weighted by Gasteiger charge is 2.23. The lowest BCUT2D eigenvalue weighted by Gasteiger charge is -2.25. The first-order chi connectivity index (χ1) is 10.2. The van der Waals surface area contributed by atoms with Crippen LogP contribution in [0.1, 0.15) is 54.4 Å². The fraction of sp³-hybridized carbons (Fsp3) is 0.875. The molecule has 1 atom stereocenters. The molecule has 0 aromatic carbocycles. The van der Waals surface area contributed by atoms with Crippen LogP contribution in [-0.4, -0.2) is 42.8 Å². The highest BCUT2D eigenvalue weighted by atomic mass is 127. The molecule has 0 heterocycles. The largest absolute Gasteiger partial charge is 0.444 e. The van der Waals surface area contributed by atoms with Gasteiger partial charge in [0, 0.05) is 12.6 Å². The van der Waals surface area contributed by atoms with E-state index in [1.54, 1.807) is 0 Å². The van der Waals surface area contributed by atoms with Crippen molar-refractivity contribution in [1.29, 1.82) is 0 Å². The summed E-state index contributed by atoms with van der Waals surface area (Å²) in [5, 5.41) is 9.52. The molecule has 0 saturated heterocycles. The van der Waals surface area contributed by atoms with Crippen molar-refractivity contribution in [2.24, 2.45) is 10.9 Å². The molecule has 1 fully saturated rings. The van der Waals surface area contributed by atoms with Crippen molar-refractivity contribution in [2.45, 2.75) is 72.1 Å². The van der Waals surface area contributed by atoms with Gasteiger partial charge in [-0.05, 0) is 46.5 Å². The van der Waals surface area contributed by atoms with Gasteiger partial charge in [0.05, 0.1) is 12.6 Å². The van der Waals surface area contributed by atoms with Crippen molar-refractivity contribution in [3.8, 4) is 0 Å². The van der Waals surface area contributed by atoms with Crippen molar-refractivity contribution in [1.82, 2.24) is 16.0 Å². The first-order valence-electron chi connectivity index (χ1n) is 8.25. The van der Waals surface area contributed by atoms with Crippen LogP contribution in [0.3, 0.4) is 0 Å². The molecule has 1 aliphatic carbocycles. The van der Waals surface area contributed by atoms with Gasteiger partial charge in [0.15, 0.2) is 5.96 Å². The van der Waals surface area contributed by atoms with E-state index >= 15 is 0 Å². The Hall–Kier alpha value is -0.730. The Labute approximate surface area is 157 Å². The summed E-state index contributed by atoms with van der Waals surface area (Å²) in [4.78, 5) is 16.5. The molecular weight excluding hydrogens is 407 g/mol. The zero-order valence-corrected chi connectivity index (χ0v) is 17.6. The molecule has 1 amide bonds. The summed E-state index contributed by atoms with van der Waals surface area (Å²) in [5.74, 6) is 1.10. The van der Waals surface area contributed by atoms with Crippen LogP contribution >= 0.6 is 24.0 Å². The Morgan fingerprint density at radius 3 is 2.35 bits per heavy atom. The Balaban J connectivity index is 0.00000484. The molecular formula is C16H33IN4O2. The van der Waals surface area contributed by atoms with Crippen molar-refractivity contribution >= 4 is 36.0 Å². The van der Waals surface area contributed by atoms with Gasteiger partial charge in [-0.1, -0.05) is 13.8 Å². The number of ether oxygens (including phenoxy) is 1. The maximum atomic E-state index is 11.9. The van der Waals surface area contributed by atoms with Crippen molar-refractivity contribution < 1.29 is 9.53 Å². The second kappa shape index (κ2) is 10.2. The normalized spacial score (nSPS) is 16.4. The lowest BCUT2D eigenvalue weighted by Crippen LogP contribution is -2.45. The summed E-state index contributed by atoms with van der Waals surface area (Å²) in [6.45, 7) is 13.1. The van der Waals surface area contributed by atoms with E-state index in [0.29, 0.717) is 12.6 Å². The van der Waals surface area contributed by atoms with Crippen LogP contribution in [0, 0.1) is 5.92 Å². The number of hydrogen-bond acceptors (Lipinski definition) is 3. The van der Waals surface area contributed by atoms with E-state index in [1.165, 1.54) is 12.8 Å². The Morgan fingerprint density at radius 1 is 1.30 bits per heavy atom. The van der Waals surface area contributed by atoms with Gasteiger partial charge in [-0.15, -0.1) is 24.0 Å². The number of alkyl carbamates (subject to hydrolysis) is 1. The number of amides is 1. The molecule has 0 radical (unpaired) electrons. The molecule has 6 nitrogen and oxygen atoms in total. The SMILES string of the molecule is CCNC(=NCC(NC(=O)OC(C)(C)C)C(C)C)NC1CC1.I. The zero-order chi connectivity index (χ0) is 16.8. The van der Waals surface area contributed by atoms with E-state index in [2.05, 4.69) is 34.8 Å². The maximum absolute atomic E-state index is 11.9. The molecule has 0 aliphatic heterocycles. The van der Waals surface area contributed by atoms with E-state index in [9.17, 15) is 4.79 Å². The van der Waals surface area contributed by atoms with E-state index in [1.807, 2.05) is 27.7 Å². The summed E-state index contributed by atoms with van der Waals surface area (Å²) in [5.41, 5.74) is -0.489. The lowest BCUT2D eigenvalue weighted by atomic mass is 10.1. The second-order valence-electron chi connectivity index (χ2n) is 7.13. The monoisotopic (exact) mass is 440 g/mol. The highest BCUT2D eigenvalue weighted by molar-refractivity contribution is 14.0. The number of aliphatic imine (C=N–C) groups is 1. The third kappa shape index (κ3) is 10.6. The fourth-order valence-electron chi connectivity index (χ4n) is 1.81. The van der Waals surface area contributed by atoms with Gasteiger partial charge in [-0.2, -0.15) is 0 Å². The molecule has 1 saturated carbocycles. The van der Waals surface area contributed by atoms with E-state index in [4.69, 9.17) is 4.74 Å². The number of carbonyl (C=O) groups excluding carboxylic acids is 1. The minimum atomic E-state index is -0.489. The number of guanidine groups is 1. The summed E-state index contributed by atoms with van der Waals surface area (Å²) >= 11 is 0. The molecule has 0 aromatic rings. The minimum absolute atomic E-state index is 0. The second-order valence-corrected chi connectivity index (χ2v) is 7.13. The number of carbonyl (C=O) groups is 1. The van der Waals surface area contributed by atoms with E-state index in [0.717, 1.165) is 12.5 Å². The molecule has 1 unspecified atom stereocenters. The van der Waals surface area contributed by atoms with Gasteiger partial charge in [0.25, 0.3) is 0 Å². The molecule has 0 bridgehead atoms. The molecule has 136 valence electrons. The van der Waals surface area contributed by atoms with Gasteiger partial charge in [-0.3, -0.25) is 4.99 Å². The first kappa shape index (κ1) is 22.3. The molecule has 0 spiro atoms. The third-order valence-corrected chi connectivity index (χ3v) is 3.22. The van der Waals surface area contributed by atoms with Gasteiger partial charge in [0.2, 0.25) is 0 Å². The average Bonchev–Trinajstić information content (AvgIpc) is 3.15. The topological polar surface area (TPSA) is 74.8 Å². The van der Waals surface area contributed by atoms with Crippen LogP contribution in [0.2, 0.25) is 0 Å². The van der Waals surface area contributed by atoms with E-state index < -0.39 is 5.60 Å². The molecule has 1 rings (SSSR count). The van der Waals surface area contributed by atoms with Gasteiger partial charge in [-0.25, -0.2) is 4.79 Å². The highest BCUT2D eigenvalue weighted by Crippen LogP contribution is 2.18. The van der Waals surface area contributed by atoms with Crippen molar-refractivity contribution in [3.05, 3.63) is 0 Å². The fourth-order valence-corrected chi connectivity index (χ4v) is 1.81. The predicted octanol–water partition coefficient (Wildman–Crippen LogP) is 2.87. The zero-order valence-electron chi connectivity index (χ0n) is 15.2. The number of hydrogen-bond donors (Lipinski definition) is 3. The molecule has 7 heteroatoms. The van der Waals surface area contributed by atoms with Crippen LogP contribution in [0.15, 0.2) is 4.99 Å². The summed E-state index contributed by atoms with van der Waals surface area (Å²) in [6.07, 6.45) is 2.02. The van der Waals surface area contributed by atoms with Crippen molar-refractivity contribution in [3.63, 3.8) is 0 Å². The summed E-state index contributed by atoms with van der Waals surface area (Å²) < 4.78 is 5.32. The summed E-state index contributed by atoms with van der Waals surface area (Å²) in [6, 6.07) is 0.499. The molecule has 23 heavy (non-hydrogen) atoms. The molecule has 0 aromatic heterocycles. The number of nitrogens with one attached hydrogen (secondary N) is 3. The quantitative estimate of drug-likeness (QED) is 0.337. The molecule has 1 aliphatic rings. The number of nitrogens with zero attached hydrogens (tertiary/aromatic N) is 1. The van der Waals surface area contributed by atoms with Crippen LogP contribution in [0.25, 0.3) is 0 Å². The Morgan fingerprint density at radius 2 is 1.91 bits per heavy atom. The van der Waals surface area contributed by atoms with Crippen LogP contribution in [-0.2, 0) is 4.74 Å². The number of halogens is 1. The summed E-state index contributed by atoms with van der Waals surface area (Å²) in [7, 11) is 0. The van der Waals surface area contributed by atoms with Gasteiger partial charge >= 0.3 is 6.09 Å². The smallest absolute Gasteiger partial charge is 0.407 e. The van der Waals surface area contributed by atoms with Crippen LogP contribution in [0.5, 0.6) is 0 Å². The van der Waals surface area contributed by atoms with Gasteiger partial charge < -0.3 is 20.7 Å². The lowest BCUT2D eigenvalue weighted by molar-refractivity contribution is 0.0493. The van der Waals surface area contributed by atoms with Crippen LogP contribution in [0.4, 0.5) is 4.79 Å². The molecule has 3 N–H and O–H groups in total. The minimum Gasteiger partial charge on any atom is -0.444 e. The average molecular weight is 440 g/mol. The Kier molecular flexibility index (Phi) is 9.88. The van der Waals surface area contributed by atoms with E-state index in [-0.39, 0.29) is 42.0 Å². The third-order valence-electron chi connectivity index (χ3n) is 3.22. The number of rotatable bonds is 6. The Bertz CT molecular complexity index is 390. The maximum Gasteiger partial charge on any atom is 0.407 e. The van der Waals surface area contributed by atoms with Crippen LogP contribution < -0.4 is 16.0 Å². The predicted molar refractivity (Wildman–Crippen MR) is 106 cm³/mol. The van der Waals surface area contributed by atoms with Gasteiger partial charge in [0.1, 0.15) is 5.60 Å².